The van der Waals surface area contributed by atoms with E-state index in [4.69, 9.17) is 4.74 Å². The lowest BCUT2D eigenvalue weighted by molar-refractivity contribution is -0.128. The number of carbonyl (C=O) groups is 1. The summed E-state index contributed by atoms with van der Waals surface area (Å²) in [4.78, 5) is 14.7. The molecule has 0 aromatic heterocycles. The predicted molar refractivity (Wildman–Crippen MR) is 110 cm³/mol. The fourth-order valence-electron chi connectivity index (χ4n) is 4.27. The van der Waals surface area contributed by atoms with Crippen LogP contribution < -0.4 is 4.74 Å². The van der Waals surface area contributed by atoms with E-state index in [1.165, 1.54) is 46.9 Å². The van der Waals surface area contributed by atoms with Crippen LogP contribution in [0.15, 0.2) is 29.2 Å². The minimum absolute atomic E-state index is 0.00291. The number of piperidine rings is 1. The van der Waals surface area contributed by atoms with Crippen LogP contribution in [0.3, 0.4) is 0 Å². The number of likely N-dealkylation sites (tertiary alicyclic amines) is 1. The van der Waals surface area contributed by atoms with Crippen LogP contribution in [0.5, 0.6) is 5.75 Å². The van der Waals surface area contributed by atoms with Gasteiger partial charge in [-0.2, -0.15) is 0 Å². The minimum Gasteiger partial charge on any atom is -0.495 e. The summed E-state index contributed by atoms with van der Waals surface area (Å²) in [5.41, 5.74) is 0.655. The van der Waals surface area contributed by atoms with Gasteiger partial charge in [-0.3, -0.25) is 4.79 Å². The highest BCUT2D eigenvalue weighted by atomic mass is 32.2. The molecule has 7 heteroatoms. The number of carbonyl (C=O) groups excluding carboxylic acids is 1. The van der Waals surface area contributed by atoms with Crippen LogP contribution in [0.1, 0.15) is 37.7 Å². The summed E-state index contributed by atoms with van der Waals surface area (Å²) in [5.74, 6) is 1.70. The smallest absolute Gasteiger partial charge is 0.246 e. The van der Waals surface area contributed by atoms with Crippen LogP contribution in [0.2, 0.25) is 0 Å². The van der Waals surface area contributed by atoms with E-state index in [2.05, 4.69) is 0 Å². The van der Waals surface area contributed by atoms with Gasteiger partial charge in [0, 0.05) is 33.3 Å². The maximum absolute atomic E-state index is 12.6. The van der Waals surface area contributed by atoms with Gasteiger partial charge in [-0.25, -0.2) is 12.7 Å². The molecule has 6 nitrogen and oxygen atoms in total. The zero-order valence-corrected chi connectivity index (χ0v) is 17.7. The molecular formula is C21H30N2O4S. The van der Waals surface area contributed by atoms with E-state index in [9.17, 15) is 13.2 Å². The number of methoxy groups -OCH3 is 1. The number of hydrogen-bond acceptors (Lipinski definition) is 4. The Morgan fingerprint density at radius 3 is 2.57 bits per heavy atom. The van der Waals surface area contributed by atoms with Crippen molar-refractivity contribution in [2.75, 3.05) is 34.3 Å². The van der Waals surface area contributed by atoms with E-state index in [0.29, 0.717) is 11.5 Å². The largest absolute Gasteiger partial charge is 0.495 e. The van der Waals surface area contributed by atoms with E-state index < -0.39 is 10.0 Å². The van der Waals surface area contributed by atoms with Crippen molar-refractivity contribution in [1.29, 1.82) is 0 Å². The number of nitrogens with zero attached hydrogens (tertiary/aromatic N) is 2. The first-order valence-corrected chi connectivity index (χ1v) is 11.3. The lowest BCUT2D eigenvalue weighted by Gasteiger charge is -2.41. The number of amides is 1. The number of fused-ring (bicyclic) bond motifs is 1. The molecule has 3 rings (SSSR count). The zero-order chi connectivity index (χ0) is 20.3. The Hall–Kier alpha value is -1.86. The average Bonchev–Trinajstić information content (AvgIpc) is 2.71. The van der Waals surface area contributed by atoms with Gasteiger partial charge in [-0.05, 0) is 48.4 Å². The summed E-state index contributed by atoms with van der Waals surface area (Å²) >= 11 is 0. The molecule has 0 spiro atoms. The number of rotatable bonds is 5. The van der Waals surface area contributed by atoms with Gasteiger partial charge >= 0.3 is 0 Å². The highest BCUT2D eigenvalue weighted by Gasteiger charge is 2.32. The maximum atomic E-state index is 12.6. The molecule has 0 bridgehead atoms. The van der Waals surface area contributed by atoms with Crippen molar-refractivity contribution in [1.82, 2.24) is 9.21 Å². The van der Waals surface area contributed by atoms with Gasteiger partial charge in [0.2, 0.25) is 15.9 Å². The first kappa shape index (κ1) is 20.9. The van der Waals surface area contributed by atoms with Gasteiger partial charge in [0.25, 0.3) is 0 Å². The average molecular weight is 407 g/mol. The van der Waals surface area contributed by atoms with Gasteiger partial charge in [0.05, 0.1) is 7.11 Å². The van der Waals surface area contributed by atoms with E-state index >= 15 is 0 Å². The SMILES string of the molecule is COc1ccc(/C=C/C(=O)N2CC[C@H]3CCCC[C@H]3C2)cc1S(=O)(=O)N(C)C. The van der Waals surface area contributed by atoms with Crippen molar-refractivity contribution in [3.05, 3.63) is 29.8 Å². The summed E-state index contributed by atoms with van der Waals surface area (Å²) in [7, 11) is 0.771. The molecule has 1 heterocycles. The van der Waals surface area contributed by atoms with E-state index in [0.717, 1.165) is 29.7 Å². The van der Waals surface area contributed by atoms with Crippen LogP contribution in [-0.4, -0.2) is 57.8 Å². The molecule has 1 aliphatic carbocycles. The Morgan fingerprint density at radius 1 is 1.18 bits per heavy atom. The van der Waals surface area contributed by atoms with Crippen molar-refractivity contribution in [2.45, 2.75) is 37.0 Å². The molecule has 1 aromatic rings. The van der Waals surface area contributed by atoms with Crippen molar-refractivity contribution < 1.29 is 17.9 Å². The molecular weight excluding hydrogens is 376 g/mol. The lowest BCUT2D eigenvalue weighted by Crippen LogP contribution is -2.44. The fourth-order valence-corrected chi connectivity index (χ4v) is 5.35. The van der Waals surface area contributed by atoms with Gasteiger partial charge in [0.15, 0.2) is 0 Å². The molecule has 154 valence electrons. The van der Waals surface area contributed by atoms with Crippen LogP contribution in [0, 0.1) is 11.8 Å². The molecule has 1 aliphatic heterocycles. The minimum atomic E-state index is -3.64. The third kappa shape index (κ3) is 4.41. The molecule has 0 unspecified atom stereocenters. The second kappa shape index (κ2) is 8.66. The lowest BCUT2D eigenvalue weighted by atomic mass is 9.75. The van der Waals surface area contributed by atoms with Crippen molar-refractivity contribution in [3.63, 3.8) is 0 Å². The Balaban J connectivity index is 1.74. The second-order valence-electron chi connectivity index (χ2n) is 7.91. The summed E-state index contributed by atoms with van der Waals surface area (Å²) in [6.45, 7) is 1.66. The van der Waals surface area contributed by atoms with Crippen LogP contribution >= 0.6 is 0 Å². The molecule has 28 heavy (non-hydrogen) atoms. The third-order valence-electron chi connectivity index (χ3n) is 5.97. The molecule has 2 fully saturated rings. The van der Waals surface area contributed by atoms with Crippen molar-refractivity contribution in [3.8, 4) is 5.75 Å². The summed E-state index contributed by atoms with van der Waals surface area (Å²) in [6, 6.07) is 4.92. The van der Waals surface area contributed by atoms with Crippen LogP contribution in [-0.2, 0) is 14.8 Å². The topological polar surface area (TPSA) is 66.9 Å². The first-order chi connectivity index (χ1) is 13.3. The molecule has 2 atom stereocenters. The van der Waals surface area contributed by atoms with Crippen LogP contribution in [0.4, 0.5) is 0 Å². The standard InChI is InChI=1S/C21H30N2O4S/c1-22(2)28(25,26)20-14-16(8-10-19(20)27-3)9-11-21(24)23-13-12-17-6-4-5-7-18(17)15-23/h8-11,14,17-18H,4-7,12-13,15H2,1-3H3/b11-9+/t17-,18+/m1/s1. The van der Waals surface area contributed by atoms with Gasteiger partial charge in [0.1, 0.15) is 10.6 Å². The van der Waals surface area contributed by atoms with Crippen LogP contribution in [0.25, 0.3) is 6.08 Å². The van der Waals surface area contributed by atoms with Gasteiger partial charge < -0.3 is 9.64 Å². The third-order valence-corrected chi connectivity index (χ3v) is 7.80. The Labute approximate surface area is 168 Å². The summed E-state index contributed by atoms with van der Waals surface area (Å²) in [5, 5.41) is 0. The van der Waals surface area contributed by atoms with E-state index in [-0.39, 0.29) is 16.6 Å². The zero-order valence-electron chi connectivity index (χ0n) is 16.9. The normalized spacial score (nSPS) is 23.1. The quantitative estimate of drug-likeness (QED) is 0.705. The Bertz CT molecular complexity index is 848. The fraction of sp³-hybridized carbons (Fsp3) is 0.571. The summed E-state index contributed by atoms with van der Waals surface area (Å²) in [6.07, 6.45) is 9.46. The molecule has 2 aliphatic rings. The van der Waals surface area contributed by atoms with Crippen molar-refractivity contribution >= 4 is 22.0 Å². The highest BCUT2D eigenvalue weighted by molar-refractivity contribution is 7.89. The maximum Gasteiger partial charge on any atom is 0.246 e. The molecule has 0 N–H and O–H groups in total. The molecule has 1 amide bonds. The van der Waals surface area contributed by atoms with E-state index in [1.54, 1.807) is 30.4 Å². The predicted octanol–water partition coefficient (Wildman–Crippen LogP) is 3.00. The number of benzene rings is 1. The number of ether oxygens (including phenoxy) is 1. The molecule has 1 saturated heterocycles. The second-order valence-corrected chi connectivity index (χ2v) is 10.0. The Kier molecular flexibility index (Phi) is 6.45. The monoisotopic (exact) mass is 406 g/mol. The molecule has 1 saturated carbocycles. The molecule has 1 aromatic carbocycles. The number of sulfonamides is 1. The highest BCUT2D eigenvalue weighted by Crippen LogP contribution is 2.36. The van der Waals surface area contributed by atoms with E-state index in [1.807, 2.05) is 4.90 Å². The Morgan fingerprint density at radius 2 is 1.89 bits per heavy atom. The first-order valence-electron chi connectivity index (χ1n) is 9.90. The van der Waals surface area contributed by atoms with Crippen molar-refractivity contribution in [2.24, 2.45) is 11.8 Å². The van der Waals surface area contributed by atoms with Gasteiger partial charge in [-0.15, -0.1) is 0 Å². The van der Waals surface area contributed by atoms with Gasteiger partial charge in [-0.1, -0.05) is 25.3 Å². The molecule has 0 radical (unpaired) electrons. The number of hydrogen-bond donors (Lipinski definition) is 0. The summed E-state index contributed by atoms with van der Waals surface area (Å²) < 4.78 is 31.4.